The molecule has 0 saturated heterocycles. The molecule has 2 aromatic rings. The minimum atomic E-state index is -1.01. The number of nitrogens with zero attached hydrogens (tertiary/aromatic N) is 1. The van der Waals surface area contributed by atoms with Gasteiger partial charge in [-0.2, -0.15) is 0 Å². The normalized spacial score (nSPS) is 16.3. The summed E-state index contributed by atoms with van der Waals surface area (Å²) in [5.74, 6) is -0.147. The molecule has 4 rings (SSSR count). The second-order valence-corrected chi connectivity index (χ2v) is 15.5. The molecule has 0 aromatic heterocycles. The van der Waals surface area contributed by atoms with Crippen LogP contribution in [0.2, 0.25) is 0 Å². The molecule has 2 aliphatic rings. The van der Waals surface area contributed by atoms with Crippen molar-refractivity contribution in [3.05, 3.63) is 65.7 Å². The van der Waals surface area contributed by atoms with E-state index in [-0.39, 0.29) is 24.5 Å². The minimum Gasteiger partial charge on any atom is -0.461 e. The standard InChI is InChI=1S/C42H61N3O7/c1-42(2,3)52-41(49)45(39(34-22-12-9-13-23-34)40(48)51-36-25-16-17-26-36)30-33-21-18-24-35(29-33)43-37(46)27-14-7-8-15-28-38(47)44-50-31-32-19-10-5-4-6-11-20-32/h9,12-13,18,21-24,29,32,36,39H,4-8,10-11,14-17,19-20,25-28,30-31H2,1-3H3,(H,43,46)(H,44,47). The maximum absolute atomic E-state index is 13.8. The van der Waals surface area contributed by atoms with Crippen LogP contribution in [-0.2, 0) is 35.2 Å². The van der Waals surface area contributed by atoms with Gasteiger partial charge in [0, 0.05) is 18.5 Å². The SMILES string of the molecule is CC(C)(C)OC(=O)N(Cc1cccc(NC(=O)CCCCCCC(=O)NOCC2CCCCCCC2)c1)C(C(=O)OC1CCCC1)c1ccccc1. The van der Waals surface area contributed by atoms with E-state index in [1.807, 2.05) is 48.5 Å². The Morgan fingerprint density at radius 3 is 2.08 bits per heavy atom. The number of hydroxylamine groups is 1. The maximum Gasteiger partial charge on any atom is 0.411 e. The smallest absolute Gasteiger partial charge is 0.411 e. The summed E-state index contributed by atoms with van der Waals surface area (Å²) < 4.78 is 11.8. The van der Waals surface area contributed by atoms with Gasteiger partial charge in [-0.25, -0.2) is 15.1 Å². The number of anilines is 1. The molecule has 0 bridgehead atoms. The van der Waals surface area contributed by atoms with Crippen molar-refractivity contribution in [1.82, 2.24) is 10.4 Å². The molecule has 10 heteroatoms. The summed E-state index contributed by atoms with van der Waals surface area (Å²) in [6.07, 6.45) is 15.5. The highest BCUT2D eigenvalue weighted by molar-refractivity contribution is 5.90. The fraction of sp³-hybridized carbons (Fsp3) is 0.619. The Labute approximate surface area is 310 Å². The lowest BCUT2D eigenvalue weighted by Gasteiger charge is -2.33. The second kappa shape index (κ2) is 21.6. The van der Waals surface area contributed by atoms with Gasteiger partial charge < -0.3 is 14.8 Å². The van der Waals surface area contributed by atoms with E-state index in [0.29, 0.717) is 43.0 Å². The molecule has 0 radical (unpaired) electrons. The average molecular weight is 720 g/mol. The first-order chi connectivity index (χ1) is 25.1. The Balaban J connectivity index is 1.26. The molecular weight excluding hydrogens is 658 g/mol. The lowest BCUT2D eigenvalue weighted by molar-refractivity contribution is -0.155. The third-order valence-electron chi connectivity index (χ3n) is 9.71. The Morgan fingerprint density at radius 2 is 1.40 bits per heavy atom. The number of rotatable bonds is 17. The summed E-state index contributed by atoms with van der Waals surface area (Å²) in [6, 6.07) is 15.5. The molecular formula is C42H61N3O7. The summed E-state index contributed by atoms with van der Waals surface area (Å²) in [6.45, 7) is 6.03. The van der Waals surface area contributed by atoms with Crippen molar-refractivity contribution in [3.8, 4) is 0 Å². The van der Waals surface area contributed by atoms with Crippen molar-refractivity contribution in [1.29, 1.82) is 0 Å². The first-order valence-electron chi connectivity index (χ1n) is 19.6. The molecule has 52 heavy (non-hydrogen) atoms. The number of nitrogens with one attached hydrogen (secondary N) is 2. The molecule has 2 N–H and O–H groups in total. The molecule has 2 fully saturated rings. The van der Waals surface area contributed by atoms with Crippen molar-refractivity contribution in [2.75, 3.05) is 11.9 Å². The molecule has 286 valence electrons. The van der Waals surface area contributed by atoms with Gasteiger partial charge in [0.2, 0.25) is 11.8 Å². The van der Waals surface area contributed by atoms with Crippen molar-refractivity contribution in [2.24, 2.45) is 5.92 Å². The fourth-order valence-electron chi connectivity index (χ4n) is 6.99. The Hall–Kier alpha value is -3.92. The number of amides is 3. The van der Waals surface area contributed by atoms with Gasteiger partial charge >= 0.3 is 12.1 Å². The third kappa shape index (κ3) is 15.0. The highest BCUT2D eigenvalue weighted by atomic mass is 16.7. The van der Waals surface area contributed by atoms with Gasteiger partial charge in [-0.3, -0.25) is 19.3 Å². The Bertz CT molecular complexity index is 1400. The first-order valence-corrected chi connectivity index (χ1v) is 19.6. The number of benzene rings is 2. The number of esters is 1. The Kier molecular flexibility index (Phi) is 16.9. The molecule has 3 amide bonds. The van der Waals surface area contributed by atoms with Gasteiger partial charge in [0.15, 0.2) is 6.04 Å². The van der Waals surface area contributed by atoms with Crippen molar-refractivity contribution >= 4 is 29.6 Å². The van der Waals surface area contributed by atoms with Crippen LogP contribution in [0.4, 0.5) is 10.5 Å². The lowest BCUT2D eigenvalue weighted by atomic mass is 9.92. The van der Waals surface area contributed by atoms with Crippen LogP contribution >= 0.6 is 0 Å². The van der Waals surface area contributed by atoms with Gasteiger partial charge in [0.25, 0.3) is 0 Å². The summed E-state index contributed by atoms with van der Waals surface area (Å²) >= 11 is 0. The van der Waals surface area contributed by atoms with Crippen LogP contribution in [0.25, 0.3) is 0 Å². The topological polar surface area (TPSA) is 123 Å². The third-order valence-corrected chi connectivity index (χ3v) is 9.71. The van der Waals surface area contributed by atoms with E-state index in [1.54, 1.807) is 26.8 Å². The first kappa shape index (κ1) is 40.8. The van der Waals surface area contributed by atoms with E-state index < -0.39 is 23.7 Å². The average Bonchev–Trinajstić information content (AvgIpc) is 3.60. The van der Waals surface area contributed by atoms with Crippen molar-refractivity contribution in [3.63, 3.8) is 0 Å². The number of carbonyl (C=O) groups excluding carboxylic acids is 4. The highest BCUT2D eigenvalue weighted by Crippen LogP contribution is 2.30. The van der Waals surface area contributed by atoms with Gasteiger partial charge in [0.05, 0.1) is 13.2 Å². The van der Waals surface area contributed by atoms with E-state index >= 15 is 0 Å². The van der Waals surface area contributed by atoms with E-state index in [9.17, 15) is 19.2 Å². The molecule has 1 atom stereocenters. The molecule has 1 unspecified atom stereocenters. The monoisotopic (exact) mass is 719 g/mol. The molecule has 0 spiro atoms. The highest BCUT2D eigenvalue weighted by Gasteiger charge is 2.37. The van der Waals surface area contributed by atoms with Crippen LogP contribution in [-0.4, -0.2) is 47.1 Å². The van der Waals surface area contributed by atoms with Crippen LogP contribution in [0.3, 0.4) is 0 Å². The second-order valence-electron chi connectivity index (χ2n) is 15.5. The molecule has 2 saturated carbocycles. The van der Waals surface area contributed by atoms with E-state index in [1.165, 1.54) is 49.8 Å². The number of hydrogen-bond acceptors (Lipinski definition) is 7. The summed E-state index contributed by atoms with van der Waals surface area (Å²) in [5, 5.41) is 2.98. The number of carbonyl (C=O) groups is 4. The zero-order valence-corrected chi connectivity index (χ0v) is 31.7. The quantitative estimate of drug-likeness (QED) is 0.0949. The number of ether oxygens (including phenoxy) is 2. The number of unbranched alkanes of at least 4 members (excludes halogenated alkanes) is 3. The molecule has 0 heterocycles. The fourth-order valence-corrected chi connectivity index (χ4v) is 6.99. The largest absolute Gasteiger partial charge is 0.461 e. The summed E-state index contributed by atoms with van der Waals surface area (Å²) in [4.78, 5) is 59.5. The minimum absolute atomic E-state index is 0.0666. The van der Waals surface area contributed by atoms with Gasteiger partial charge in [0.1, 0.15) is 11.7 Å². The van der Waals surface area contributed by atoms with E-state index in [0.717, 1.165) is 50.5 Å². The van der Waals surface area contributed by atoms with Crippen molar-refractivity contribution < 1.29 is 33.5 Å². The van der Waals surface area contributed by atoms with E-state index in [2.05, 4.69) is 10.8 Å². The van der Waals surface area contributed by atoms with Crippen molar-refractivity contribution in [2.45, 2.75) is 154 Å². The predicted molar refractivity (Wildman–Crippen MR) is 202 cm³/mol. The molecule has 10 nitrogen and oxygen atoms in total. The van der Waals surface area contributed by atoms with Gasteiger partial charge in [-0.05, 0) is 101 Å². The summed E-state index contributed by atoms with van der Waals surface area (Å²) in [5.41, 5.74) is 3.80. The summed E-state index contributed by atoms with van der Waals surface area (Å²) in [7, 11) is 0. The lowest BCUT2D eigenvalue weighted by Crippen LogP contribution is -2.43. The van der Waals surface area contributed by atoms with Gasteiger partial charge in [-0.15, -0.1) is 0 Å². The molecule has 0 aliphatic heterocycles. The molecule has 2 aromatic carbocycles. The van der Waals surface area contributed by atoms with Crippen LogP contribution in [0.15, 0.2) is 54.6 Å². The van der Waals surface area contributed by atoms with Crippen LogP contribution < -0.4 is 10.8 Å². The predicted octanol–water partition coefficient (Wildman–Crippen LogP) is 9.34. The van der Waals surface area contributed by atoms with Crippen LogP contribution in [0, 0.1) is 5.92 Å². The Morgan fingerprint density at radius 1 is 0.769 bits per heavy atom. The van der Waals surface area contributed by atoms with E-state index in [4.69, 9.17) is 14.3 Å². The zero-order chi connectivity index (χ0) is 37.2. The van der Waals surface area contributed by atoms with Gasteiger partial charge in [-0.1, -0.05) is 87.4 Å². The maximum atomic E-state index is 13.8. The zero-order valence-electron chi connectivity index (χ0n) is 31.7. The van der Waals surface area contributed by atoms with Crippen LogP contribution in [0.5, 0.6) is 0 Å². The molecule has 2 aliphatic carbocycles. The van der Waals surface area contributed by atoms with Crippen LogP contribution in [0.1, 0.15) is 147 Å². The number of hydrogen-bond donors (Lipinski definition) is 2.